The fraction of sp³-hybridized carbons (Fsp3) is 0.333. The summed E-state index contributed by atoms with van der Waals surface area (Å²) in [5.74, 6) is 0. The minimum absolute atomic E-state index is 1.12. The largest absolute Gasteiger partial charge is 0.0874 e. The number of aryl methyl sites for hydroxylation is 2. The van der Waals surface area contributed by atoms with E-state index >= 15 is 0 Å². The van der Waals surface area contributed by atoms with Crippen molar-refractivity contribution in [3.05, 3.63) is 59.2 Å². The van der Waals surface area contributed by atoms with E-state index in [9.17, 15) is 0 Å². The van der Waals surface area contributed by atoms with Crippen molar-refractivity contribution in [2.24, 2.45) is 0 Å². The Kier molecular flexibility index (Phi) is 4.89. The quantitative estimate of drug-likeness (QED) is 0.630. The molecule has 0 radical (unpaired) electrons. The maximum absolute atomic E-state index is 2.29. The Morgan fingerprint density at radius 1 is 1.20 bits per heavy atom. The topological polar surface area (TPSA) is 0 Å². The molecule has 1 rings (SSSR count). The molecule has 0 bridgehead atoms. The van der Waals surface area contributed by atoms with Crippen LogP contribution >= 0.6 is 0 Å². The molecule has 80 valence electrons. The summed E-state index contributed by atoms with van der Waals surface area (Å²) in [6.07, 6.45) is 8.78. The summed E-state index contributed by atoms with van der Waals surface area (Å²) < 4.78 is 0. The van der Waals surface area contributed by atoms with E-state index in [1.54, 1.807) is 0 Å². The zero-order valence-electron chi connectivity index (χ0n) is 9.96. The number of hydrogen-bond acceptors (Lipinski definition) is 0. The summed E-state index contributed by atoms with van der Waals surface area (Å²) in [5, 5.41) is 0. The number of rotatable bonds is 4. The molecule has 0 saturated carbocycles. The van der Waals surface area contributed by atoms with E-state index < -0.39 is 0 Å². The van der Waals surface area contributed by atoms with Gasteiger partial charge in [0.05, 0.1) is 0 Å². The molecule has 15 heavy (non-hydrogen) atoms. The second-order valence-electron chi connectivity index (χ2n) is 3.97. The smallest absolute Gasteiger partial charge is 0.0244 e. The number of hydrogen-bond donors (Lipinski definition) is 0. The van der Waals surface area contributed by atoms with Crippen LogP contribution in [0.3, 0.4) is 0 Å². The third kappa shape index (κ3) is 4.64. The summed E-state index contributed by atoms with van der Waals surface area (Å²) in [7, 11) is 0. The SMILES string of the molecule is C/C=C\C(C)=C\CCc1ccc(C)cc1. The lowest BCUT2D eigenvalue weighted by Gasteiger charge is -1.99. The van der Waals surface area contributed by atoms with Crippen LogP contribution in [0.25, 0.3) is 0 Å². The van der Waals surface area contributed by atoms with Crippen molar-refractivity contribution < 1.29 is 0 Å². The fourth-order valence-corrected chi connectivity index (χ4v) is 1.55. The van der Waals surface area contributed by atoms with Crippen LogP contribution in [0.4, 0.5) is 0 Å². The maximum Gasteiger partial charge on any atom is -0.0244 e. The molecule has 0 aliphatic heterocycles. The predicted octanol–water partition coefficient (Wildman–Crippen LogP) is 4.45. The molecule has 0 N–H and O–H groups in total. The Hall–Kier alpha value is -1.30. The molecule has 0 spiro atoms. The average molecular weight is 200 g/mol. The molecule has 0 atom stereocenters. The molecule has 0 fully saturated rings. The van der Waals surface area contributed by atoms with Crippen molar-refractivity contribution in [3.63, 3.8) is 0 Å². The van der Waals surface area contributed by atoms with Gasteiger partial charge < -0.3 is 0 Å². The second-order valence-corrected chi connectivity index (χ2v) is 3.97. The minimum Gasteiger partial charge on any atom is -0.0874 e. The number of benzene rings is 1. The average Bonchev–Trinajstić information content (AvgIpc) is 2.21. The first-order valence-electron chi connectivity index (χ1n) is 5.57. The van der Waals surface area contributed by atoms with Crippen LogP contribution < -0.4 is 0 Å². The van der Waals surface area contributed by atoms with Gasteiger partial charge in [0.25, 0.3) is 0 Å². The predicted molar refractivity (Wildman–Crippen MR) is 68.1 cm³/mol. The van der Waals surface area contributed by atoms with Crippen LogP contribution in [0.2, 0.25) is 0 Å². The first-order chi connectivity index (χ1) is 7.22. The van der Waals surface area contributed by atoms with Gasteiger partial charge in [-0.2, -0.15) is 0 Å². The van der Waals surface area contributed by atoms with E-state index in [1.165, 1.54) is 16.7 Å². The molecule has 0 heterocycles. The van der Waals surface area contributed by atoms with Crippen LogP contribution in [0.15, 0.2) is 48.1 Å². The van der Waals surface area contributed by atoms with Gasteiger partial charge in [0.15, 0.2) is 0 Å². The highest BCUT2D eigenvalue weighted by atomic mass is 14.0. The monoisotopic (exact) mass is 200 g/mol. The normalized spacial score (nSPS) is 12.3. The highest BCUT2D eigenvalue weighted by molar-refractivity contribution is 5.22. The van der Waals surface area contributed by atoms with E-state index in [0.29, 0.717) is 0 Å². The van der Waals surface area contributed by atoms with Gasteiger partial charge in [-0.05, 0) is 39.2 Å². The molecule has 0 aromatic heterocycles. The van der Waals surface area contributed by atoms with Crippen molar-refractivity contribution in [3.8, 4) is 0 Å². The first kappa shape index (κ1) is 11.8. The Morgan fingerprint density at radius 3 is 2.47 bits per heavy atom. The van der Waals surface area contributed by atoms with E-state index in [-0.39, 0.29) is 0 Å². The molecular weight excluding hydrogens is 180 g/mol. The van der Waals surface area contributed by atoms with Crippen molar-refractivity contribution in [2.75, 3.05) is 0 Å². The first-order valence-corrected chi connectivity index (χ1v) is 5.57. The summed E-state index contributed by atoms with van der Waals surface area (Å²) >= 11 is 0. The molecule has 0 aliphatic carbocycles. The third-order valence-corrected chi connectivity index (χ3v) is 2.45. The van der Waals surface area contributed by atoms with Crippen molar-refractivity contribution in [1.29, 1.82) is 0 Å². The van der Waals surface area contributed by atoms with Crippen LogP contribution in [0.5, 0.6) is 0 Å². The van der Waals surface area contributed by atoms with Crippen LogP contribution in [0, 0.1) is 6.92 Å². The fourth-order valence-electron chi connectivity index (χ4n) is 1.55. The summed E-state index contributed by atoms with van der Waals surface area (Å²) in [5.41, 5.74) is 4.11. The van der Waals surface area contributed by atoms with Gasteiger partial charge in [-0.15, -0.1) is 0 Å². The molecule has 0 heteroatoms. The van der Waals surface area contributed by atoms with Crippen molar-refractivity contribution >= 4 is 0 Å². The van der Waals surface area contributed by atoms with Gasteiger partial charge in [0.1, 0.15) is 0 Å². The van der Waals surface area contributed by atoms with Crippen molar-refractivity contribution in [2.45, 2.75) is 33.6 Å². The second kappa shape index (κ2) is 6.23. The molecule has 0 aliphatic rings. The van der Waals surface area contributed by atoms with E-state index in [4.69, 9.17) is 0 Å². The van der Waals surface area contributed by atoms with Gasteiger partial charge in [-0.25, -0.2) is 0 Å². The Morgan fingerprint density at radius 2 is 1.87 bits per heavy atom. The molecule has 0 saturated heterocycles. The van der Waals surface area contributed by atoms with Crippen LogP contribution in [0.1, 0.15) is 31.4 Å². The lowest BCUT2D eigenvalue weighted by Crippen LogP contribution is -1.83. The number of allylic oxidation sites excluding steroid dienone is 4. The molecule has 1 aromatic rings. The van der Waals surface area contributed by atoms with E-state index in [1.807, 2.05) is 0 Å². The van der Waals surface area contributed by atoms with Gasteiger partial charge in [0, 0.05) is 0 Å². The summed E-state index contributed by atoms with van der Waals surface area (Å²) in [4.78, 5) is 0. The summed E-state index contributed by atoms with van der Waals surface area (Å²) in [6, 6.07) is 8.79. The maximum atomic E-state index is 2.29. The van der Waals surface area contributed by atoms with Crippen molar-refractivity contribution in [1.82, 2.24) is 0 Å². The molecule has 1 aromatic carbocycles. The highest BCUT2D eigenvalue weighted by Gasteiger charge is 1.91. The Balaban J connectivity index is 2.44. The summed E-state index contributed by atoms with van der Waals surface area (Å²) in [6.45, 7) is 6.33. The van der Waals surface area contributed by atoms with E-state index in [0.717, 1.165) is 12.8 Å². The zero-order valence-corrected chi connectivity index (χ0v) is 9.96. The zero-order chi connectivity index (χ0) is 11.1. The Bertz CT molecular complexity index is 339. The van der Waals surface area contributed by atoms with E-state index in [2.05, 4.69) is 63.3 Å². The highest BCUT2D eigenvalue weighted by Crippen LogP contribution is 2.07. The van der Waals surface area contributed by atoms with Gasteiger partial charge in [-0.1, -0.05) is 53.6 Å². The lowest BCUT2D eigenvalue weighted by atomic mass is 10.1. The minimum atomic E-state index is 1.12. The Labute approximate surface area is 93.3 Å². The molecular formula is C15H20. The van der Waals surface area contributed by atoms with Crippen LogP contribution in [-0.4, -0.2) is 0 Å². The van der Waals surface area contributed by atoms with Gasteiger partial charge >= 0.3 is 0 Å². The molecule has 0 unspecified atom stereocenters. The molecule has 0 nitrogen and oxygen atoms in total. The van der Waals surface area contributed by atoms with Crippen LogP contribution in [-0.2, 0) is 6.42 Å². The van der Waals surface area contributed by atoms with Gasteiger partial charge in [0.2, 0.25) is 0 Å². The standard InChI is InChI=1S/C15H20/c1-4-6-13(2)7-5-8-15-11-9-14(3)10-12-15/h4,6-7,9-12H,5,8H2,1-3H3/b6-4-,13-7+. The van der Waals surface area contributed by atoms with Gasteiger partial charge in [-0.3, -0.25) is 0 Å². The lowest BCUT2D eigenvalue weighted by molar-refractivity contribution is 0.992. The third-order valence-electron chi connectivity index (χ3n) is 2.45. The molecule has 0 amide bonds.